The van der Waals surface area contributed by atoms with E-state index in [2.05, 4.69) is 36.4 Å². The lowest BCUT2D eigenvalue weighted by Gasteiger charge is -2.34. The van der Waals surface area contributed by atoms with E-state index in [1.807, 2.05) is 12.1 Å². The molecule has 0 aromatic heterocycles. The van der Waals surface area contributed by atoms with Crippen LogP contribution in [0.3, 0.4) is 0 Å². The zero-order valence-electron chi connectivity index (χ0n) is 11.4. The molecule has 0 amide bonds. The molecule has 2 nitrogen and oxygen atoms in total. The van der Waals surface area contributed by atoms with Gasteiger partial charge in [0.05, 0.1) is 13.2 Å². The Labute approximate surface area is 119 Å². The van der Waals surface area contributed by atoms with Crippen molar-refractivity contribution in [3.05, 3.63) is 59.7 Å². The van der Waals surface area contributed by atoms with Crippen LogP contribution in [0.2, 0.25) is 0 Å². The van der Waals surface area contributed by atoms with E-state index in [4.69, 9.17) is 9.47 Å². The monoisotopic (exact) mass is 266 g/mol. The summed E-state index contributed by atoms with van der Waals surface area (Å²) in [7, 11) is 0. The highest BCUT2D eigenvalue weighted by Gasteiger charge is 2.30. The minimum absolute atomic E-state index is 0.554. The summed E-state index contributed by atoms with van der Waals surface area (Å²) < 4.78 is 11.8. The van der Waals surface area contributed by atoms with Gasteiger partial charge in [-0.1, -0.05) is 36.4 Å². The maximum absolute atomic E-state index is 5.92. The van der Waals surface area contributed by atoms with Crippen LogP contribution in [0.5, 0.6) is 11.5 Å². The van der Waals surface area contributed by atoms with Gasteiger partial charge in [-0.05, 0) is 36.1 Å². The van der Waals surface area contributed by atoms with Crippen LogP contribution >= 0.6 is 0 Å². The van der Waals surface area contributed by atoms with Crippen LogP contribution in [0.25, 0.3) is 0 Å². The molecule has 2 aromatic rings. The smallest absolute Gasteiger partial charge is 0.122 e. The molecule has 0 fully saturated rings. The summed E-state index contributed by atoms with van der Waals surface area (Å²) in [6.45, 7) is 1.63. The number of para-hydroxylation sites is 2. The third-order valence-electron chi connectivity index (χ3n) is 4.48. The highest BCUT2D eigenvalue weighted by Crippen LogP contribution is 2.35. The maximum atomic E-state index is 5.92. The predicted molar refractivity (Wildman–Crippen MR) is 78.3 cm³/mol. The van der Waals surface area contributed by atoms with Gasteiger partial charge in [-0.2, -0.15) is 0 Å². The zero-order chi connectivity index (χ0) is 13.4. The number of hydrogen-bond acceptors (Lipinski definition) is 2. The Bertz CT molecular complexity index is 565. The van der Waals surface area contributed by atoms with E-state index in [9.17, 15) is 0 Å². The first-order valence-electron chi connectivity index (χ1n) is 7.31. The van der Waals surface area contributed by atoms with Gasteiger partial charge < -0.3 is 9.47 Å². The number of hydrogen-bond donors (Lipinski definition) is 0. The lowest BCUT2D eigenvalue weighted by Crippen LogP contribution is -2.34. The number of fused-ring (bicyclic) bond motifs is 2. The first-order chi connectivity index (χ1) is 9.90. The third kappa shape index (κ3) is 2.05. The fourth-order valence-electron chi connectivity index (χ4n) is 3.31. The largest absolute Gasteiger partial charge is 0.493 e. The Balaban J connectivity index is 1.53. The van der Waals surface area contributed by atoms with Crippen LogP contribution in [0, 0.1) is 11.8 Å². The van der Waals surface area contributed by atoms with Crippen LogP contribution in [0.1, 0.15) is 11.1 Å². The summed E-state index contributed by atoms with van der Waals surface area (Å²) >= 11 is 0. The third-order valence-corrected chi connectivity index (χ3v) is 4.48. The Morgan fingerprint density at radius 2 is 1.10 bits per heavy atom. The molecule has 0 radical (unpaired) electrons. The average molecular weight is 266 g/mol. The fraction of sp³-hybridized carbons (Fsp3) is 0.333. The second-order valence-corrected chi connectivity index (χ2v) is 5.77. The molecule has 20 heavy (non-hydrogen) atoms. The van der Waals surface area contributed by atoms with Gasteiger partial charge in [-0.15, -0.1) is 0 Å². The summed E-state index contributed by atoms with van der Waals surface area (Å²) in [6, 6.07) is 16.8. The lowest BCUT2D eigenvalue weighted by molar-refractivity contribution is 0.114. The van der Waals surface area contributed by atoms with E-state index >= 15 is 0 Å². The number of ether oxygens (including phenoxy) is 2. The van der Waals surface area contributed by atoms with E-state index in [1.165, 1.54) is 11.1 Å². The summed E-state index contributed by atoms with van der Waals surface area (Å²) in [5.41, 5.74) is 2.67. The topological polar surface area (TPSA) is 18.5 Å². The average Bonchev–Trinajstić information content (AvgIpc) is 2.54. The SMILES string of the molecule is c1ccc2c(c1)CC(C1COc3ccccc3C1)CO2. The van der Waals surface area contributed by atoms with Crippen LogP contribution < -0.4 is 9.47 Å². The van der Waals surface area contributed by atoms with Crippen molar-refractivity contribution in [1.29, 1.82) is 0 Å². The van der Waals surface area contributed by atoms with Crippen molar-refractivity contribution in [2.75, 3.05) is 13.2 Å². The van der Waals surface area contributed by atoms with Crippen LogP contribution in [-0.2, 0) is 12.8 Å². The van der Waals surface area contributed by atoms with Crippen molar-refractivity contribution in [3.8, 4) is 11.5 Å². The van der Waals surface area contributed by atoms with Crippen molar-refractivity contribution >= 4 is 0 Å². The van der Waals surface area contributed by atoms with Crippen molar-refractivity contribution in [3.63, 3.8) is 0 Å². The second kappa shape index (κ2) is 4.86. The molecule has 4 rings (SSSR count). The quantitative estimate of drug-likeness (QED) is 0.786. The van der Waals surface area contributed by atoms with Gasteiger partial charge in [-0.25, -0.2) is 0 Å². The van der Waals surface area contributed by atoms with Gasteiger partial charge in [0.1, 0.15) is 11.5 Å². The van der Waals surface area contributed by atoms with Gasteiger partial charge in [0.25, 0.3) is 0 Å². The van der Waals surface area contributed by atoms with Crippen molar-refractivity contribution in [2.24, 2.45) is 11.8 Å². The summed E-state index contributed by atoms with van der Waals surface area (Å²) in [4.78, 5) is 0. The van der Waals surface area contributed by atoms with E-state index in [0.717, 1.165) is 37.6 Å². The maximum Gasteiger partial charge on any atom is 0.122 e. The molecule has 2 aliphatic rings. The standard InChI is InChI=1S/C18H18O2/c1-3-7-17-13(5-1)9-15(11-19-17)16-10-14-6-2-4-8-18(14)20-12-16/h1-8,15-16H,9-12H2. The van der Waals surface area contributed by atoms with Crippen LogP contribution in [-0.4, -0.2) is 13.2 Å². The summed E-state index contributed by atoms with van der Waals surface area (Å²) in [5.74, 6) is 3.22. The summed E-state index contributed by atoms with van der Waals surface area (Å²) in [5, 5.41) is 0. The molecule has 0 bridgehead atoms. The molecule has 0 saturated carbocycles. The molecule has 2 aliphatic heterocycles. The molecule has 2 heteroatoms. The molecule has 2 unspecified atom stereocenters. The lowest BCUT2D eigenvalue weighted by atomic mass is 9.81. The fourth-order valence-corrected chi connectivity index (χ4v) is 3.31. The van der Waals surface area contributed by atoms with Crippen molar-refractivity contribution < 1.29 is 9.47 Å². The van der Waals surface area contributed by atoms with Crippen molar-refractivity contribution in [2.45, 2.75) is 12.8 Å². The first kappa shape index (κ1) is 11.8. The molecule has 0 saturated heterocycles. The van der Waals surface area contributed by atoms with E-state index < -0.39 is 0 Å². The zero-order valence-corrected chi connectivity index (χ0v) is 11.4. The molecular weight excluding hydrogens is 248 g/mol. The van der Waals surface area contributed by atoms with Gasteiger partial charge in [0.2, 0.25) is 0 Å². The minimum Gasteiger partial charge on any atom is -0.493 e. The van der Waals surface area contributed by atoms with E-state index in [0.29, 0.717) is 11.8 Å². The first-order valence-corrected chi connectivity index (χ1v) is 7.31. The molecule has 0 N–H and O–H groups in total. The number of rotatable bonds is 1. The Morgan fingerprint density at radius 1 is 0.650 bits per heavy atom. The highest BCUT2D eigenvalue weighted by molar-refractivity contribution is 5.37. The Morgan fingerprint density at radius 3 is 1.60 bits per heavy atom. The van der Waals surface area contributed by atoms with E-state index in [1.54, 1.807) is 0 Å². The van der Waals surface area contributed by atoms with Gasteiger partial charge in [0.15, 0.2) is 0 Å². The Kier molecular flexibility index (Phi) is 2.87. The van der Waals surface area contributed by atoms with Gasteiger partial charge >= 0.3 is 0 Å². The second-order valence-electron chi connectivity index (χ2n) is 5.77. The molecule has 0 spiro atoms. The predicted octanol–water partition coefficient (Wildman–Crippen LogP) is 3.49. The molecule has 2 heterocycles. The van der Waals surface area contributed by atoms with Gasteiger partial charge in [0, 0.05) is 11.8 Å². The molecule has 102 valence electrons. The number of benzene rings is 2. The highest BCUT2D eigenvalue weighted by atomic mass is 16.5. The van der Waals surface area contributed by atoms with Crippen LogP contribution in [0.4, 0.5) is 0 Å². The minimum atomic E-state index is 0.554. The molecular formula is C18H18O2. The molecule has 0 aliphatic carbocycles. The summed E-state index contributed by atoms with van der Waals surface area (Å²) in [6.07, 6.45) is 2.21. The molecule has 2 atom stereocenters. The van der Waals surface area contributed by atoms with Crippen LogP contribution in [0.15, 0.2) is 48.5 Å². The van der Waals surface area contributed by atoms with Gasteiger partial charge in [-0.3, -0.25) is 0 Å². The van der Waals surface area contributed by atoms with E-state index in [-0.39, 0.29) is 0 Å². The molecule has 2 aromatic carbocycles. The van der Waals surface area contributed by atoms with Crippen molar-refractivity contribution in [1.82, 2.24) is 0 Å². The normalized spacial score (nSPS) is 24.0. The Hall–Kier alpha value is -1.96.